The van der Waals surface area contributed by atoms with Gasteiger partial charge in [-0.1, -0.05) is 45.0 Å². The fourth-order valence-electron chi connectivity index (χ4n) is 7.63. The molecule has 0 radical (unpaired) electrons. The minimum Gasteiger partial charge on any atom is -0.352 e. The van der Waals surface area contributed by atoms with Crippen LogP contribution in [0.5, 0.6) is 0 Å². The highest BCUT2D eigenvalue weighted by Gasteiger charge is 2.54. The lowest BCUT2D eigenvalue weighted by Crippen LogP contribution is -2.57. The lowest BCUT2D eigenvalue weighted by Gasteiger charge is -2.59. The summed E-state index contributed by atoms with van der Waals surface area (Å²) in [4.78, 5) is 40.2. The van der Waals surface area contributed by atoms with Crippen LogP contribution in [0.2, 0.25) is 0 Å². The molecule has 4 bridgehead atoms. The van der Waals surface area contributed by atoms with E-state index in [2.05, 4.69) is 38.3 Å². The van der Waals surface area contributed by atoms with Gasteiger partial charge in [-0.25, -0.2) is 4.79 Å². The lowest BCUT2D eigenvalue weighted by molar-refractivity contribution is -0.136. The van der Waals surface area contributed by atoms with Crippen LogP contribution >= 0.6 is 0 Å². The van der Waals surface area contributed by atoms with Crippen LogP contribution in [0.3, 0.4) is 0 Å². The minimum atomic E-state index is -1.17. The minimum absolute atomic E-state index is 0.000119. The van der Waals surface area contributed by atoms with Crippen molar-refractivity contribution in [2.75, 3.05) is 6.54 Å². The van der Waals surface area contributed by atoms with Crippen LogP contribution in [0.4, 0.5) is 4.79 Å². The van der Waals surface area contributed by atoms with Gasteiger partial charge in [0.15, 0.2) is 0 Å². The molecule has 1 aromatic carbocycles. The van der Waals surface area contributed by atoms with Crippen LogP contribution in [0.25, 0.3) is 0 Å². The van der Waals surface area contributed by atoms with Crippen LogP contribution in [0, 0.1) is 23.2 Å². The summed E-state index contributed by atoms with van der Waals surface area (Å²) in [6, 6.07) is 7.36. The molecule has 6 nitrogen and oxygen atoms in total. The van der Waals surface area contributed by atoms with Gasteiger partial charge in [0.1, 0.15) is 12.1 Å². The average molecular weight is 466 g/mol. The number of benzene rings is 1. The number of hydrogen-bond donors (Lipinski definition) is 2. The molecule has 4 amide bonds. The summed E-state index contributed by atoms with van der Waals surface area (Å²) in [6.45, 7) is 10.0. The largest absolute Gasteiger partial charge is 0.352 e. The number of imide groups is 1. The van der Waals surface area contributed by atoms with E-state index in [9.17, 15) is 14.4 Å². The first kappa shape index (κ1) is 23.4. The summed E-state index contributed by atoms with van der Waals surface area (Å²) in [6.07, 6.45) is 7.68. The van der Waals surface area contributed by atoms with Gasteiger partial charge >= 0.3 is 6.03 Å². The van der Waals surface area contributed by atoms with Gasteiger partial charge in [-0.3, -0.25) is 14.5 Å². The summed E-state index contributed by atoms with van der Waals surface area (Å²) >= 11 is 0. The molecule has 0 spiro atoms. The van der Waals surface area contributed by atoms with Gasteiger partial charge in [0, 0.05) is 6.04 Å². The average Bonchev–Trinajstić information content (AvgIpc) is 2.96. The number of hydrogen-bond acceptors (Lipinski definition) is 3. The molecule has 2 atom stereocenters. The highest BCUT2D eigenvalue weighted by atomic mass is 16.2. The Balaban J connectivity index is 1.25. The molecular weight excluding hydrogens is 426 g/mol. The summed E-state index contributed by atoms with van der Waals surface area (Å²) in [5.74, 6) is 1.79. The molecule has 4 saturated carbocycles. The van der Waals surface area contributed by atoms with Crippen molar-refractivity contribution in [1.29, 1.82) is 0 Å². The fourth-order valence-corrected chi connectivity index (χ4v) is 7.63. The predicted molar refractivity (Wildman–Crippen MR) is 131 cm³/mol. The second-order valence-electron chi connectivity index (χ2n) is 12.8. The molecule has 1 aliphatic heterocycles. The van der Waals surface area contributed by atoms with E-state index >= 15 is 0 Å². The Labute approximate surface area is 203 Å². The highest BCUT2D eigenvalue weighted by Crippen LogP contribution is 2.61. The topological polar surface area (TPSA) is 78.5 Å². The number of carbonyl (C=O) groups is 3. The molecule has 1 heterocycles. The Kier molecular flexibility index (Phi) is 5.38. The molecular formula is C28H39N3O3. The van der Waals surface area contributed by atoms with Crippen molar-refractivity contribution < 1.29 is 14.4 Å². The SMILES string of the molecule is C[C@@H](NC(=O)CN1C(=O)N[C@@](C)(c2ccc(C(C)(C)C)cc2)C1=O)C12CC3CC(CC(C3)C1)C2. The number of nitrogens with zero attached hydrogens (tertiary/aromatic N) is 1. The van der Waals surface area contributed by atoms with E-state index in [4.69, 9.17) is 0 Å². The maximum absolute atomic E-state index is 13.3. The first-order valence-electron chi connectivity index (χ1n) is 12.9. The summed E-state index contributed by atoms with van der Waals surface area (Å²) < 4.78 is 0. The molecule has 34 heavy (non-hydrogen) atoms. The maximum Gasteiger partial charge on any atom is 0.325 e. The van der Waals surface area contributed by atoms with Gasteiger partial charge in [-0.2, -0.15) is 0 Å². The number of rotatable bonds is 5. The number of urea groups is 1. The van der Waals surface area contributed by atoms with Crippen molar-refractivity contribution in [3.63, 3.8) is 0 Å². The number of nitrogens with one attached hydrogen (secondary N) is 2. The smallest absolute Gasteiger partial charge is 0.325 e. The Morgan fingerprint density at radius 1 is 1.06 bits per heavy atom. The van der Waals surface area contributed by atoms with Gasteiger partial charge in [-0.15, -0.1) is 0 Å². The van der Waals surface area contributed by atoms with Gasteiger partial charge < -0.3 is 10.6 Å². The van der Waals surface area contributed by atoms with Crippen LogP contribution in [-0.4, -0.2) is 35.3 Å². The molecule has 1 aromatic rings. The van der Waals surface area contributed by atoms with Gasteiger partial charge in [0.25, 0.3) is 5.91 Å². The number of carbonyl (C=O) groups excluding carboxylic acids is 3. The van der Waals surface area contributed by atoms with E-state index < -0.39 is 11.6 Å². The van der Waals surface area contributed by atoms with E-state index in [1.165, 1.54) is 38.5 Å². The van der Waals surface area contributed by atoms with Crippen molar-refractivity contribution in [3.8, 4) is 0 Å². The Morgan fingerprint density at radius 3 is 2.09 bits per heavy atom. The lowest BCUT2D eigenvalue weighted by atomic mass is 9.48. The predicted octanol–water partition coefficient (Wildman–Crippen LogP) is 4.47. The summed E-state index contributed by atoms with van der Waals surface area (Å²) in [5, 5.41) is 6.01. The zero-order valence-corrected chi connectivity index (χ0v) is 21.2. The quantitative estimate of drug-likeness (QED) is 0.630. The first-order valence-corrected chi connectivity index (χ1v) is 12.9. The van der Waals surface area contributed by atoms with E-state index in [0.717, 1.165) is 33.8 Å². The fraction of sp³-hybridized carbons (Fsp3) is 0.679. The van der Waals surface area contributed by atoms with Gasteiger partial charge in [0.2, 0.25) is 5.91 Å². The van der Waals surface area contributed by atoms with Crippen LogP contribution in [0.1, 0.15) is 84.3 Å². The van der Waals surface area contributed by atoms with Crippen molar-refractivity contribution in [1.82, 2.24) is 15.5 Å². The Bertz CT molecular complexity index is 973. The molecule has 184 valence electrons. The maximum atomic E-state index is 13.3. The zero-order chi connectivity index (χ0) is 24.5. The van der Waals surface area contributed by atoms with Gasteiger partial charge in [0.05, 0.1) is 0 Å². The van der Waals surface area contributed by atoms with E-state index in [0.29, 0.717) is 0 Å². The van der Waals surface area contributed by atoms with Crippen molar-refractivity contribution >= 4 is 17.8 Å². The monoisotopic (exact) mass is 465 g/mol. The normalized spacial score (nSPS) is 35.4. The zero-order valence-electron chi connectivity index (χ0n) is 21.2. The standard InChI is InChI=1S/C28H39N3O3/c1-17(28-13-18-10-19(14-28)12-20(11-18)15-28)29-23(32)16-31-24(33)27(5,30-25(31)34)22-8-6-21(7-9-22)26(2,3)4/h6-9,17-20H,10-16H2,1-5H3,(H,29,32)(H,30,34)/t17-,18?,19?,20?,27+,28?/m1/s1. The third kappa shape index (κ3) is 3.83. The van der Waals surface area contributed by atoms with Crippen LogP contribution in [0.15, 0.2) is 24.3 Å². The molecule has 2 N–H and O–H groups in total. The Morgan fingerprint density at radius 2 is 1.59 bits per heavy atom. The molecule has 5 aliphatic rings. The van der Waals surface area contributed by atoms with Crippen molar-refractivity contribution in [3.05, 3.63) is 35.4 Å². The molecule has 6 heteroatoms. The highest BCUT2D eigenvalue weighted by molar-refractivity contribution is 6.09. The Hall–Kier alpha value is -2.37. The van der Waals surface area contributed by atoms with Gasteiger partial charge in [-0.05, 0) is 92.1 Å². The number of amides is 4. The second kappa shape index (κ2) is 7.82. The van der Waals surface area contributed by atoms with Crippen LogP contribution < -0.4 is 10.6 Å². The molecule has 1 saturated heterocycles. The molecule has 0 unspecified atom stereocenters. The summed E-state index contributed by atoms with van der Waals surface area (Å²) in [7, 11) is 0. The third-order valence-electron chi connectivity index (χ3n) is 9.29. The van der Waals surface area contributed by atoms with Crippen molar-refractivity contribution in [2.24, 2.45) is 23.2 Å². The van der Waals surface area contributed by atoms with E-state index in [1.54, 1.807) is 6.92 Å². The molecule has 4 aliphatic carbocycles. The second-order valence-corrected chi connectivity index (χ2v) is 12.8. The molecule has 5 fully saturated rings. The molecule has 6 rings (SSSR count). The molecule has 0 aromatic heterocycles. The van der Waals surface area contributed by atoms with Crippen LogP contribution in [-0.2, 0) is 20.5 Å². The first-order chi connectivity index (χ1) is 15.9. The summed E-state index contributed by atoms with van der Waals surface area (Å²) in [5.41, 5.74) is 0.903. The van der Waals surface area contributed by atoms with E-state index in [-0.39, 0.29) is 35.2 Å². The van der Waals surface area contributed by atoms with Crippen molar-refractivity contribution in [2.45, 2.75) is 90.1 Å². The van der Waals surface area contributed by atoms with E-state index in [1.807, 2.05) is 24.3 Å². The third-order valence-corrected chi connectivity index (χ3v) is 9.29.